The number of anilines is 1. The lowest BCUT2D eigenvalue weighted by Crippen LogP contribution is -2.27. The Kier molecular flexibility index (Phi) is 3.61. The zero-order valence-corrected chi connectivity index (χ0v) is 7.93. The van der Waals surface area contributed by atoms with Crippen LogP contribution in [0.2, 0.25) is 0 Å². The lowest BCUT2D eigenvalue weighted by molar-refractivity contribution is -0.136. The fourth-order valence-electron chi connectivity index (χ4n) is 0.974. The van der Waals surface area contributed by atoms with Gasteiger partial charge in [0.15, 0.2) is 5.69 Å². The van der Waals surface area contributed by atoms with Gasteiger partial charge in [0.05, 0.1) is 12.1 Å². The standard InChI is InChI=1S/C9H11N3O3/c10-6-2-1-4-11-8(6)9(15)12-5-3-7(13)14/h1-2,4H,3,5,10H2,(H,12,15)(H,13,14). The quantitative estimate of drug-likeness (QED) is 0.640. The van der Waals surface area contributed by atoms with Gasteiger partial charge in [0.1, 0.15) is 0 Å². The number of nitrogens with one attached hydrogen (secondary N) is 1. The average Bonchev–Trinajstić information content (AvgIpc) is 2.17. The van der Waals surface area contributed by atoms with Crippen LogP contribution < -0.4 is 11.1 Å². The van der Waals surface area contributed by atoms with E-state index >= 15 is 0 Å². The SMILES string of the molecule is Nc1cccnc1C(=O)NCCC(=O)O. The van der Waals surface area contributed by atoms with Crippen LogP contribution in [0, 0.1) is 0 Å². The average molecular weight is 209 g/mol. The highest BCUT2D eigenvalue weighted by Gasteiger charge is 2.10. The Morgan fingerprint density at radius 3 is 2.87 bits per heavy atom. The lowest BCUT2D eigenvalue weighted by atomic mass is 10.3. The second-order valence-electron chi connectivity index (χ2n) is 2.84. The van der Waals surface area contributed by atoms with E-state index in [9.17, 15) is 9.59 Å². The molecule has 1 heterocycles. The molecule has 0 radical (unpaired) electrons. The Balaban J connectivity index is 2.54. The van der Waals surface area contributed by atoms with Gasteiger partial charge in [-0.25, -0.2) is 4.98 Å². The number of amides is 1. The first kappa shape index (κ1) is 11.0. The summed E-state index contributed by atoms with van der Waals surface area (Å²) in [6.45, 7) is 0.0597. The van der Waals surface area contributed by atoms with Gasteiger partial charge in [-0.2, -0.15) is 0 Å². The van der Waals surface area contributed by atoms with Crippen molar-refractivity contribution < 1.29 is 14.7 Å². The van der Waals surface area contributed by atoms with Crippen molar-refractivity contribution in [1.82, 2.24) is 10.3 Å². The fraction of sp³-hybridized carbons (Fsp3) is 0.222. The fourth-order valence-corrected chi connectivity index (χ4v) is 0.974. The number of nitrogens with two attached hydrogens (primary N) is 1. The molecule has 1 amide bonds. The molecule has 0 fully saturated rings. The molecule has 1 rings (SSSR count). The molecule has 0 aromatic carbocycles. The smallest absolute Gasteiger partial charge is 0.305 e. The van der Waals surface area contributed by atoms with Crippen molar-refractivity contribution in [1.29, 1.82) is 0 Å². The number of carbonyl (C=O) groups excluding carboxylic acids is 1. The van der Waals surface area contributed by atoms with E-state index in [0.29, 0.717) is 0 Å². The maximum absolute atomic E-state index is 11.4. The number of aromatic nitrogens is 1. The Hall–Kier alpha value is -2.11. The molecule has 80 valence electrons. The second-order valence-corrected chi connectivity index (χ2v) is 2.84. The summed E-state index contributed by atoms with van der Waals surface area (Å²) >= 11 is 0. The molecule has 1 aromatic heterocycles. The number of carbonyl (C=O) groups is 2. The lowest BCUT2D eigenvalue weighted by Gasteiger charge is -2.04. The van der Waals surface area contributed by atoms with E-state index in [1.165, 1.54) is 6.20 Å². The minimum absolute atomic E-state index is 0.0597. The molecule has 0 aliphatic rings. The molecule has 0 aliphatic carbocycles. The summed E-state index contributed by atoms with van der Waals surface area (Å²) < 4.78 is 0. The number of nitrogens with zero attached hydrogens (tertiary/aromatic N) is 1. The van der Waals surface area contributed by atoms with E-state index in [0.717, 1.165) is 0 Å². The number of pyridine rings is 1. The summed E-state index contributed by atoms with van der Waals surface area (Å²) in [5.41, 5.74) is 5.90. The molecular weight excluding hydrogens is 198 g/mol. The first-order valence-electron chi connectivity index (χ1n) is 4.31. The number of hydrogen-bond acceptors (Lipinski definition) is 4. The van der Waals surface area contributed by atoms with Crippen molar-refractivity contribution in [3.8, 4) is 0 Å². The van der Waals surface area contributed by atoms with E-state index in [-0.39, 0.29) is 24.3 Å². The third-order valence-electron chi connectivity index (χ3n) is 1.68. The third-order valence-corrected chi connectivity index (χ3v) is 1.68. The molecule has 15 heavy (non-hydrogen) atoms. The van der Waals surface area contributed by atoms with Gasteiger partial charge in [0.25, 0.3) is 5.91 Å². The van der Waals surface area contributed by atoms with Crippen LogP contribution in [0.4, 0.5) is 5.69 Å². The molecule has 0 bridgehead atoms. The van der Waals surface area contributed by atoms with E-state index in [1.54, 1.807) is 12.1 Å². The second kappa shape index (κ2) is 4.94. The van der Waals surface area contributed by atoms with Gasteiger partial charge in [-0.15, -0.1) is 0 Å². The van der Waals surface area contributed by atoms with Gasteiger partial charge >= 0.3 is 5.97 Å². The van der Waals surface area contributed by atoms with Crippen LogP contribution in [0.3, 0.4) is 0 Å². The summed E-state index contributed by atoms with van der Waals surface area (Å²) in [7, 11) is 0. The first-order chi connectivity index (χ1) is 7.11. The number of aliphatic carboxylic acids is 1. The Morgan fingerprint density at radius 1 is 1.53 bits per heavy atom. The topological polar surface area (TPSA) is 105 Å². The van der Waals surface area contributed by atoms with E-state index < -0.39 is 11.9 Å². The first-order valence-corrected chi connectivity index (χ1v) is 4.31. The molecule has 0 spiro atoms. The highest BCUT2D eigenvalue weighted by molar-refractivity contribution is 5.97. The summed E-state index contributed by atoms with van der Waals surface area (Å²) in [5, 5.41) is 10.8. The molecule has 0 saturated heterocycles. The van der Waals surface area contributed by atoms with Crippen molar-refractivity contribution in [2.75, 3.05) is 12.3 Å². The van der Waals surface area contributed by atoms with Gasteiger partial charge in [-0.1, -0.05) is 0 Å². The monoisotopic (exact) mass is 209 g/mol. The van der Waals surface area contributed by atoms with Crippen molar-refractivity contribution in [2.24, 2.45) is 0 Å². The molecule has 4 N–H and O–H groups in total. The normalized spacial score (nSPS) is 9.60. The van der Waals surface area contributed by atoms with Crippen molar-refractivity contribution in [3.05, 3.63) is 24.0 Å². The number of rotatable bonds is 4. The van der Waals surface area contributed by atoms with Gasteiger partial charge in [0.2, 0.25) is 0 Å². The molecule has 0 atom stereocenters. The predicted molar refractivity (Wildman–Crippen MR) is 53.2 cm³/mol. The summed E-state index contributed by atoms with van der Waals surface area (Å²) in [6.07, 6.45) is 1.32. The Bertz CT molecular complexity index is 379. The largest absolute Gasteiger partial charge is 0.481 e. The molecular formula is C9H11N3O3. The van der Waals surface area contributed by atoms with Crippen molar-refractivity contribution in [2.45, 2.75) is 6.42 Å². The third kappa shape index (κ3) is 3.26. The van der Waals surface area contributed by atoms with Gasteiger partial charge in [-0.05, 0) is 12.1 Å². The Labute approximate surface area is 86.1 Å². The van der Waals surface area contributed by atoms with Gasteiger partial charge in [-0.3, -0.25) is 9.59 Å². The van der Waals surface area contributed by atoms with Crippen LogP contribution in [0.5, 0.6) is 0 Å². The van der Waals surface area contributed by atoms with Crippen LogP contribution in [0.25, 0.3) is 0 Å². The summed E-state index contributed by atoms with van der Waals surface area (Å²) in [6, 6.07) is 3.17. The maximum atomic E-state index is 11.4. The van der Waals surface area contributed by atoms with Crippen LogP contribution in [0.15, 0.2) is 18.3 Å². The molecule has 0 aliphatic heterocycles. The molecule has 0 unspecified atom stereocenters. The van der Waals surface area contributed by atoms with Crippen LogP contribution in [0.1, 0.15) is 16.9 Å². The van der Waals surface area contributed by atoms with Gasteiger partial charge in [0, 0.05) is 12.7 Å². The van der Waals surface area contributed by atoms with E-state index in [4.69, 9.17) is 10.8 Å². The maximum Gasteiger partial charge on any atom is 0.305 e. The van der Waals surface area contributed by atoms with E-state index in [2.05, 4.69) is 10.3 Å². The highest BCUT2D eigenvalue weighted by Crippen LogP contribution is 2.05. The van der Waals surface area contributed by atoms with Crippen molar-refractivity contribution >= 4 is 17.6 Å². The van der Waals surface area contributed by atoms with Crippen LogP contribution in [-0.2, 0) is 4.79 Å². The van der Waals surface area contributed by atoms with E-state index in [1.807, 2.05) is 0 Å². The number of carboxylic acid groups (broad SMARTS) is 1. The molecule has 1 aromatic rings. The molecule has 6 heteroatoms. The predicted octanol–water partition coefficient (Wildman–Crippen LogP) is -0.132. The highest BCUT2D eigenvalue weighted by atomic mass is 16.4. The number of hydrogen-bond donors (Lipinski definition) is 3. The minimum Gasteiger partial charge on any atom is -0.481 e. The Morgan fingerprint density at radius 2 is 2.27 bits per heavy atom. The van der Waals surface area contributed by atoms with Crippen LogP contribution in [-0.4, -0.2) is 28.5 Å². The number of carboxylic acids is 1. The van der Waals surface area contributed by atoms with Crippen LogP contribution >= 0.6 is 0 Å². The minimum atomic E-state index is -0.968. The molecule has 6 nitrogen and oxygen atoms in total. The summed E-state index contributed by atoms with van der Waals surface area (Å²) in [4.78, 5) is 25.4. The van der Waals surface area contributed by atoms with Crippen molar-refractivity contribution in [3.63, 3.8) is 0 Å². The zero-order chi connectivity index (χ0) is 11.3. The number of nitrogen functional groups attached to an aromatic ring is 1. The zero-order valence-electron chi connectivity index (χ0n) is 7.93. The van der Waals surface area contributed by atoms with Gasteiger partial charge < -0.3 is 16.2 Å². The summed E-state index contributed by atoms with van der Waals surface area (Å²) in [5.74, 6) is -1.43. The molecule has 0 saturated carbocycles.